The van der Waals surface area contributed by atoms with Gasteiger partial charge >= 0.3 is 6.18 Å². The van der Waals surface area contributed by atoms with Gasteiger partial charge in [-0.1, -0.05) is 0 Å². The van der Waals surface area contributed by atoms with Gasteiger partial charge in [0, 0.05) is 6.42 Å². The molecule has 104 valence electrons. The fraction of sp³-hybridized carbons (Fsp3) is 0.417. The van der Waals surface area contributed by atoms with E-state index in [-0.39, 0.29) is 6.42 Å². The zero-order valence-corrected chi connectivity index (χ0v) is 10.2. The van der Waals surface area contributed by atoms with Crippen LogP contribution in [-0.4, -0.2) is 36.8 Å². The topological polar surface area (TPSA) is 45.1 Å². The molecule has 1 atom stereocenters. The van der Waals surface area contributed by atoms with Crippen molar-refractivity contribution in [1.82, 2.24) is 0 Å². The van der Waals surface area contributed by atoms with E-state index in [1.54, 1.807) is 24.3 Å². The van der Waals surface area contributed by atoms with Crippen molar-refractivity contribution in [2.24, 2.45) is 5.10 Å². The predicted molar refractivity (Wildman–Crippen MR) is 64.5 cm³/mol. The molecule has 0 spiro atoms. The summed E-state index contributed by atoms with van der Waals surface area (Å²) in [5, 5.41) is 13.9. The lowest BCUT2D eigenvalue weighted by Crippen LogP contribution is -2.30. The van der Waals surface area contributed by atoms with E-state index < -0.39 is 24.5 Å². The Bertz CT molecular complexity index is 471. The van der Waals surface area contributed by atoms with Crippen molar-refractivity contribution in [3.8, 4) is 5.75 Å². The number of aliphatic hydroxyl groups excluding tert-OH is 1. The number of halogens is 3. The summed E-state index contributed by atoms with van der Waals surface area (Å²) in [5.41, 5.74) is -0.388. The number of benzene rings is 1. The standard InChI is InChI=1S/C12H13F3N2O2/c1-19-10-4-2-8(3-5-10)17-9(7-18)6-11(16-17)12(13,14)15/h2-5,9,18H,6-7H2,1H3. The van der Waals surface area contributed by atoms with Crippen molar-refractivity contribution in [2.75, 3.05) is 18.7 Å². The van der Waals surface area contributed by atoms with Crippen LogP contribution in [0.5, 0.6) is 5.75 Å². The van der Waals surface area contributed by atoms with Crippen molar-refractivity contribution in [3.63, 3.8) is 0 Å². The smallest absolute Gasteiger partial charge is 0.431 e. The summed E-state index contributed by atoms with van der Waals surface area (Å²) in [5.74, 6) is 0.600. The lowest BCUT2D eigenvalue weighted by molar-refractivity contribution is -0.0600. The molecule has 0 aliphatic carbocycles. The highest BCUT2D eigenvalue weighted by Crippen LogP contribution is 2.31. The number of rotatable bonds is 3. The molecule has 1 heterocycles. The van der Waals surface area contributed by atoms with Gasteiger partial charge in [0.05, 0.1) is 25.4 Å². The Morgan fingerprint density at radius 1 is 1.37 bits per heavy atom. The number of hydrazone groups is 1. The molecule has 1 aromatic carbocycles. The van der Waals surface area contributed by atoms with E-state index in [4.69, 9.17) is 4.74 Å². The van der Waals surface area contributed by atoms with E-state index in [2.05, 4.69) is 5.10 Å². The van der Waals surface area contributed by atoms with Gasteiger partial charge in [0.15, 0.2) is 0 Å². The Morgan fingerprint density at radius 3 is 2.47 bits per heavy atom. The SMILES string of the molecule is COc1ccc(N2N=C(C(F)(F)F)CC2CO)cc1. The molecule has 7 heteroatoms. The van der Waals surface area contributed by atoms with Crippen LogP contribution in [0.4, 0.5) is 18.9 Å². The second-order valence-electron chi connectivity index (χ2n) is 4.13. The first-order chi connectivity index (χ1) is 8.95. The number of hydrogen-bond donors (Lipinski definition) is 1. The maximum Gasteiger partial charge on any atom is 0.431 e. The lowest BCUT2D eigenvalue weighted by Gasteiger charge is -2.21. The van der Waals surface area contributed by atoms with Gasteiger partial charge in [-0.2, -0.15) is 18.3 Å². The van der Waals surface area contributed by atoms with Crippen LogP contribution in [0.15, 0.2) is 29.4 Å². The number of hydrogen-bond acceptors (Lipinski definition) is 4. The molecule has 1 unspecified atom stereocenters. The molecule has 1 aliphatic rings. The molecular formula is C12H13F3N2O2. The van der Waals surface area contributed by atoms with Gasteiger partial charge in [0.1, 0.15) is 11.5 Å². The van der Waals surface area contributed by atoms with Crippen LogP contribution in [0.3, 0.4) is 0 Å². The molecule has 0 bridgehead atoms. The number of aliphatic hydroxyl groups is 1. The van der Waals surface area contributed by atoms with Crippen LogP contribution in [0.25, 0.3) is 0 Å². The first-order valence-corrected chi connectivity index (χ1v) is 5.64. The first kappa shape index (κ1) is 13.7. The molecule has 19 heavy (non-hydrogen) atoms. The van der Waals surface area contributed by atoms with Crippen molar-refractivity contribution < 1.29 is 23.0 Å². The van der Waals surface area contributed by atoms with E-state index in [9.17, 15) is 18.3 Å². The van der Waals surface area contributed by atoms with Crippen molar-refractivity contribution in [2.45, 2.75) is 18.6 Å². The largest absolute Gasteiger partial charge is 0.497 e. The van der Waals surface area contributed by atoms with Gasteiger partial charge in [-0.15, -0.1) is 0 Å². The highest BCUT2D eigenvalue weighted by atomic mass is 19.4. The van der Waals surface area contributed by atoms with Crippen molar-refractivity contribution in [3.05, 3.63) is 24.3 Å². The molecule has 0 amide bonds. The zero-order chi connectivity index (χ0) is 14.0. The highest BCUT2D eigenvalue weighted by molar-refractivity contribution is 5.93. The fourth-order valence-corrected chi connectivity index (χ4v) is 1.88. The number of anilines is 1. The predicted octanol–water partition coefficient (Wildman–Crippen LogP) is 2.18. The molecule has 0 saturated carbocycles. The van der Waals surface area contributed by atoms with Crippen molar-refractivity contribution in [1.29, 1.82) is 0 Å². The summed E-state index contributed by atoms with van der Waals surface area (Å²) in [6, 6.07) is 5.77. The third kappa shape index (κ3) is 2.81. The molecule has 0 fully saturated rings. The molecule has 0 aromatic heterocycles. The molecule has 1 aliphatic heterocycles. The van der Waals surface area contributed by atoms with Gasteiger partial charge in [0.25, 0.3) is 0 Å². The van der Waals surface area contributed by atoms with E-state index in [1.807, 2.05) is 0 Å². The van der Waals surface area contributed by atoms with Crippen LogP contribution < -0.4 is 9.75 Å². The number of nitrogens with zero attached hydrogens (tertiary/aromatic N) is 2. The quantitative estimate of drug-likeness (QED) is 0.919. The minimum atomic E-state index is -4.46. The fourth-order valence-electron chi connectivity index (χ4n) is 1.88. The minimum absolute atomic E-state index is 0.313. The van der Waals surface area contributed by atoms with Gasteiger partial charge in [-0.25, -0.2) is 0 Å². The number of alkyl halides is 3. The summed E-state index contributed by atoms with van der Waals surface area (Å²) >= 11 is 0. The molecule has 4 nitrogen and oxygen atoms in total. The first-order valence-electron chi connectivity index (χ1n) is 5.64. The molecule has 0 saturated heterocycles. The summed E-state index contributed by atoms with van der Waals surface area (Å²) in [6.45, 7) is -0.394. The molecular weight excluding hydrogens is 261 g/mol. The second-order valence-corrected chi connectivity index (χ2v) is 4.13. The Hall–Kier alpha value is -1.76. The number of ether oxygens (including phenoxy) is 1. The monoisotopic (exact) mass is 274 g/mol. The molecule has 2 rings (SSSR count). The van der Waals surface area contributed by atoms with Crippen LogP contribution in [-0.2, 0) is 0 Å². The van der Waals surface area contributed by atoms with Crippen LogP contribution in [0.1, 0.15) is 6.42 Å². The van der Waals surface area contributed by atoms with E-state index >= 15 is 0 Å². The van der Waals surface area contributed by atoms with Crippen LogP contribution in [0, 0.1) is 0 Å². The summed E-state index contributed by atoms with van der Waals surface area (Å²) in [6.07, 6.45) is -4.78. The van der Waals surface area contributed by atoms with Gasteiger partial charge in [-0.3, -0.25) is 5.01 Å². The Balaban J connectivity index is 2.27. The third-order valence-corrected chi connectivity index (χ3v) is 2.88. The molecule has 0 radical (unpaired) electrons. The summed E-state index contributed by atoms with van der Waals surface area (Å²) < 4.78 is 42.8. The Morgan fingerprint density at radius 2 is 2.00 bits per heavy atom. The van der Waals surface area contributed by atoms with E-state index in [0.29, 0.717) is 11.4 Å². The minimum Gasteiger partial charge on any atom is -0.497 e. The third-order valence-electron chi connectivity index (χ3n) is 2.88. The maximum atomic E-state index is 12.6. The highest BCUT2D eigenvalue weighted by Gasteiger charge is 2.42. The summed E-state index contributed by atoms with van der Waals surface area (Å²) in [7, 11) is 1.50. The van der Waals surface area contributed by atoms with Gasteiger partial charge in [0.2, 0.25) is 0 Å². The van der Waals surface area contributed by atoms with E-state index in [0.717, 1.165) is 0 Å². The van der Waals surface area contributed by atoms with E-state index in [1.165, 1.54) is 12.1 Å². The van der Waals surface area contributed by atoms with Gasteiger partial charge in [-0.05, 0) is 24.3 Å². The maximum absolute atomic E-state index is 12.6. The lowest BCUT2D eigenvalue weighted by atomic mass is 10.1. The van der Waals surface area contributed by atoms with Gasteiger partial charge < -0.3 is 9.84 Å². The number of methoxy groups -OCH3 is 1. The Kier molecular flexibility index (Phi) is 3.66. The molecule has 1 N–H and O–H groups in total. The van der Waals surface area contributed by atoms with Crippen molar-refractivity contribution >= 4 is 11.4 Å². The van der Waals surface area contributed by atoms with Crippen LogP contribution in [0.2, 0.25) is 0 Å². The second kappa shape index (κ2) is 5.08. The molecule has 1 aromatic rings. The summed E-state index contributed by atoms with van der Waals surface area (Å²) in [4.78, 5) is 0. The zero-order valence-electron chi connectivity index (χ0n) is 10.2. The normalized spacial score (nSPS) is 19.5. The average molecular weight is 274 g/mol. The Labute approximate surface area is 108 Å². The van der Waals surface area contributed by atoms with Crippen LogP contribution >= 0.6 is 0 Å². The average Bonchev–Trinajstić information content (AvgIpc) is 2.83.